The van der Waals surface area contributed by atoms with Gasteiger partial charge >= 0.3 is 0 Å². The molecule has 1 aromatic rings. The Morgan fingerprint density at radius 2 is 2.27 bits per heavy atom. The third-order valence-electron chi connectivity index (χ3n) is 1.88. The van der Waals surface area contributed by atoms with Crippen molar-refractivity contribution in [3.05, 3.63) is 30.1 Å². The summed E-state index contributed by atoms with van der Waals surface area (Å²) in [5, 5.41) is 0. The summed E-state index contributed by atoms with van der Waals surface area (Å²) in [5.74, 6) is 0. The van der Waals surface area contributed by atoms with Gasteiger partial charge in [0.1, 0.15) is 0 Å². The van der Waals surface area contributed by atoms with Gasteiger partial charge in [-0.3, -0.25) is 4.98 Å². The van der Waals surface area contributed by atoms with Gasteiger partial charge in [0.25, 0.3) is 0 Å². The fourth-order valence-electron chi connectivity index (χ4n) is 1.13. The van der Waals surface area contributed by atoms with E-state index in [0.717, 1.165) is 18.8 Å². The molecule has 1 aliphatic heterocycles. The number of carbonyl (C=O) groups excluding carboxylic acids is 1. The number of aliphatic imine (C=N–C) groups is 1. The lowest BCUT2D eigenvalue weighted by Gasteiger charge is -1.89. The molecule has 2 heterocycles. The fourth-order valence-corrected chi connectivity index (χ4v) is 1.13. The van der Waals surface area contributed by atoms with E-state index >= 15 is 0 Å². The van der Waals surface area contributed by atoms with E-state index in [0.29, 0.717) is 6.54 Å². The second-order valence-electron chi connectivity index (χ2n) is 3.09. The van der Waals surface area contributed by atoms with Crippen LogP contribution in [0.15, 0.2) is 29.5 Å². The van der Waals surface area contributed by atoms with Crippen LogP contribution in [0.5, 0.6) is 0 Å². The number of pyridine rings is 1. The minimum atomic E-state index is 0.372. The predicted molar refractivity (Wildman–Crippen MR) is 56.1 cm³/mol. The predicted octanol–water partition coefficient (Wildman–Crippen LogP) is 1.71. The maximum atomic E-state index is 9.67. The molecule has 0 aliphatic carbocycles. The first-order chi connectivity index (χ1) is 7.43. The Balaban J connectivity index is 0.000000187. The molecule has 0 N–H and O–H groups in total. The van der Waals surface area contributed by atoms with Crippen LogP contribution < -0.4 is 0 Å². The highest BCUT2D eigenvalue weighted by Crippen LogP contribution is 1.98. The molecule has 0 aromatic carbocycles. The van der Waals surface area contributed by atoms with E-state index in [2.05, 4.69) is 9.98 Å². The van der Waals surface area contributed by atoms with Crippen LogP contribution >= 0.6 is 0 Å². The molecule has 80 valence electrons. The lowest BCUT2D eigenvalue weighted by atomic mass is 10.3. The highest BCUT2D eigenvalue weighted by atomic mass is 16.5. The molecule has 1 aliphatic rings. The molecule has 0 bridgehead atoms. The van der Waals surface area contributed by atoms with Gasteiger partial charge in [-0.15, -0.1) is 0 Å². The van der Waals surface area contributed by atoms with Crippen molar-refractivity contribution in [2.45, 2.75) is 19.4 Å². The Labute approximate surface area is 89.0 Å². The minimum Gasteiger partial charge on any atom is -0.381 e. The molecular weight excluding hydrogens is 192 g/mol. The molecule has 4 nitrogen and oxygen atoms in total. The number of nitrogens with zero attached hydrogens (tertiary/aromatic N) is 2. The molecule has 0 saturated carbocycles. The van der Waals surface area contributed by atoms with Crippen LogP contribution in [0.4, 0.5) is 0 Å². The first-order valence-corrected chi connectivity index (χ1v) is 4.94. The summed E-state index contributed by atoms with van der Waals surface area (Å²) in [7, 11) is 0. The lowest BCUT2D eigenvalue weighted by molar-refractivity contribution is 0.198. The van der Waals surface area contributed by atoms with Crippen LogP contribution in [-0.2, 0) is 16.1 Å². The Kier molecular flexibility index (Phi) is 6.05. The summed E-state index contributed by atoms with van der Waals surface area (Å²) in [6.07, 6.45) is 7.36. The highest BCUT2D eigenvalue weighted by molar-refractivity contribution is 5.33. The third kappa shape index (κ3) is 5.73. The van der Waals surface area contributed by atoms with Gasteiger partial charge in [-0.1, -0.05) is 6.07 Å². The van der Waals surface area contributed by atoms with Gasteiger partial charge in [0.15, 0.2) is 0 Å². The first-order valence-electron chi connectivity index (χ1n) is 4.94. The van der Waals surface area contributed by atoms with Gasteiger partial charge < -0.3 is 4.74 Å². The van der Waals surface area contributed by atoms with Crippen molar-refractivity contribution < 1.29 is 9.53 Å². The van der Waals surface area contributed by atoms with Gasteiger partial charge in [0.05, 0.1) is 6.54 Å². The zero-order chi connectivity index (χ0) is 10.8. The molecular formula is C11H14N2O2. The number of hydrogen-bond acceptors (Lipinski definition) is 4. The molecule has 1 aromatic heterocycles. The van der Waals surface area contributed by atoms with Crippen LogP contribution in [0.3, 0.4) is 0 Å². The van der Waals surface area contributed by atoms with Crippen LogP contribution in [0.2, 0.25) is 0 Å². The summed E-state index contributed by atoms with van der Waals surface area (Å²) < 4.78 is 4.94. The number of ether oxygens (including phenoxy) is 1. The van der Waals surface area contributed by atoms with Crippen molar-refractivity contribution in [2.24, 2.45) is 4.99 Å². The average molecular weight is 206 g/mol. The number of aromatic nitrogens is 1. The van der Waals surface area contributed by atoms with Crippen molar-refractivity contribution in [1.29, 1.82) is 0 Å². The van der Waals surface area contributed by atoms with E-state index in [1.165, 1.54) is 18.9 Å². The highest BCUT2D eigenvalue weighted by Gasteiger charge is 1.94. The monoisotopic (exact) mass is 206 g/mol. The van der Waals surface area contributed by atoms with Crippen molar-refractivity contribution in [2.75, 3.05) is 13.2 Å². The van der Waals surface area contributed by atoms with E-state index in [1.54, 1.807) is 18.5 Å². The number of hydrogen-bond donors (Lipinski definition) is 0. The molecule has 0 atom stereocenters. The Bertz CT molecular complexity index is 296. The topological polar surface area (TPSA) is 51.5 Å². The van der Waals surface area contributed by atoms with Crippen LogP contribution in [0.25, 0.3) is 0 Å². The molecule has 0 spiro atoms. The quantitative estimate of drug-likeness (QED) is 0.546. The molecule has 2 rings (SSSR count). The van der Waals surface area contributed by atoms with Crippen LogP contribution in [-0.4, -0.2) is 24.3 Å². The van der Waals surface area contributed by atoms with E-state index < -0.39 is 0 Å². The molecule has 4 heteroatoms. The average Bonchev–Trinajstić information content (AvgIpc) is 2.86. The van der Waals surface area contributed by atoms with Crippen LogP contribution in [0, 0.1) is 0 Å². The van der Waals surface area contributed by atoms with E-state index in [-0.39, 0.29) is 0 Å². The molecule has 1 saturated heterocycles. The van der Waals surface area contributed by atoms with Gasteiger partial charge in [0, 0.05) is 25.6 Å². The van der Waals surface area contributed by atoms with Gasteiger partial charge in [-0.05, 0) is 24.5 Å². The van der Waals surface area contributed by atoms with Gasteiger partial charge in [-0.2, -0.15) is 0 Å². The SMILES string of the molecule is C1CCOC1.O=C=NCc1cccnc1. The minimum absolute atomic E-state index is 0.372. The molecule has 0 radical (unpaired) electrons. The smallest absolute Gasteiger partial charge is 0.235 e. The molecule has 0 amide bonds. The van der Waals surface area contributed by atoms with Gasteiger partial charge in [-0.25, -0.2) is 9.79 Å². The number of rotatable bonds is 2. The van der Waals surface area contributed by atoms with Crippen LogP contribution in [0.1, 0.15) is 18.4 Å². The molecule has 15 heavy (non-hydrogen) atoms. The first kappa shape index (κ1) is 11.6. The van der Waals surface area contributed by atoms with E-state index in [4.69, 9.17) is 4.74 Å². The summed E-state index contributed by atoms with van der Waals surface area (Å²) in [6, 6.07) is 3.66. The van der Waals surface area contributed by atoms with Crippen molar-refractivity contribution >= 4 is 6.08 Å². The normalized spacial score (nSPS) is 13.6. The van der Waals surface area contributed by atoms with Crippen molar-refractivity contribution in [3.63, 3.8) is 0 Å². The van der Waals surface area contributed by atoms with E-state index in [9.17, 15) is 4.79 Å². The largest absolute Gasteiger partial charge is 0.381 e. The maximum Gasteiger partial charge on any atom is 0.235 e. The van der Waals surface area contributed by atoms with E-state index in [1.807, 2.05) is 6.07 Å². The third-order valence-corrected chi connectivity index (χ3v) is 1.88. The molecule has 1 fully saturated rings. The fraction of sp³-hybridized carbons (Fsp3) is 0.455. The zero-order valence-corrected chi connectivity index (χ0v) is 8.56. The Hall–Kier alpha value is -1.51. The number of isocyanates is 1. The van der Waals surface area contributed by atoms with Gasteiger partial charge in [0.2, 0.25) is 6.08 Å². The summed E-state index contributed by atoms with van der Waals surface area (Å²) in [6.45, 7) is 2.37. The lowest BCUT2D eigenvalue weighted by Crippen LogP contribution is -1.80. The zero-order valence-electron chi connectivity index (χ0n) is 8.56. The second kappa shape index (κ2) is 7.85. The maximum absolute atomic E-state index is 9.67. The standard InChI is InChI=1S/C7H6N2O.C4H8O/c10-6-9-5-7-2-1-3-8-4-7;1-2-4-5-3-1/h1-4H,5H2;1-4H2. The van der Waals surface area contributed by atoms with Crippen molar-refractivity contribution in [3.8, 4) is 0 Å². The Morgan fingerprint density at radius 1 is 1.47 bits per heavy atom. The van der Waals surface area contributed by atoms with Crippen molar-refractivity contribution in [1.82, 2.24) is 4.98 Å². The second-order valence-corrected chi connectivity index (χ2v) is 3.09. The summed E-state index contributed by atoms with van der Waals surface area (Å²) in [5.41, 5.74) is 0.922. The summed E-state index contributed by atoms with van der Waals surface area (Å²) in [4.78, 5) is 16.9. The summed E-state index contributed by atoms with van der Waals surface area (Å²) >= 11 is 0. The Morgan fingerprint density at radius 3 is 2.73 bits per heavy atom. The molecule has 0 unspecified atom stereocenters.